The van der Waals surface area contributed by atoms with Crippen LogP contribution in [0.4, 0.5) is 4.39 Å². The maximum Gasteiger partial charge on any atom is 0.209 e. The molecule has 0 N–H and O–H groups in total. The third-order valence-corrected chi connectivity index (χ3v) is 5.10. The molecule has 5 nitrogen and oxygen atoms in total. The summed E-state index contributed by atoms with van der Waals surface area (Å²) < 4.78 is 15.7. The quantitative estimate of drug-likeness (QED) is 0.640. The van der Waals surface area contributed by atoms with E-state index in [9.17, 15) is 9.18 Å². The minimum Gasteiger partial charge on any atom is -0.343 e. The molecule has 6 heteroatoms. The molecule has 1 aliphatic rings. The van der Waals surface area contributed by atoms with Gasteiger partial charge in [-0.05, 0) is 36.8 Å². The fourth-order valence-electron chi connectivity index (χ4n) is 3.57. The van der Waals surface area contributed by atoms with Gasteiger partial charge in [0.2, 0.25) is 6.41 Å². The van der Waals surface area contributed by atoms with E-state index in [1.165, 1.54) is 12.1 Å². The molecule has 0 aliphatic carbocycles. The van der Waals surface area contributed by atoms with Crippen LogP contribution in [-0.4, -0.2) is 52.2 Å². The van der Waals surface area contributed by atoms with Crippen molar-refractivity contribution in [3.63, 3.8) is 0 Å². The lowest BCUT2D eigenvalue weighted by Gasteiger charge is -2.32. The van der Waals surface area contributed by atoms with E-state index in [1.807, 2.05) is 42.1 Å². The minimum absolute atomic E-state index is 0.270. The van der Waals surface area contributed by atoms with Crippen LogP contribution in [0.5, 0.6) is 0 Å². The molecule has 0 radical (unpaired) electrons. The standard InChI is InChI=1S/C22H23FN4O/c1-17-4-2-7-21(12-17)27-15-19(14-25-8-10-26(16-28)11-9-25)22(24-27)18-5-3-6-20(23)13-18/h2-7,12-13,15-16H,8-11,14H2,1H3. The molecule has 144 valence electrons. The van der Waals surface area contributed by atoms with E-state index in [0.29, 0.717) is 6.54 Å². The summed E-state index contributed by atoms with van der Waals surface area (Å²) in [4.78, 5) is 15.0. The van der Waals surface area contributed by atoms with Gasteiger partial charge in [0, 0.05) is 50.0 Å². The van der Waals surface area contributed by atoms with Crippen molar-refractivity contribution in [3.05, 3.63) is 71.7 Å². The van der Waals surface area contributed by atoms with Crippen LogP contribution in [0.1, 0.15) is 11.1 Å². The maximum absolute atomic E-state index is 13.8. The lowest BCUT2D eigenvalue weighted by Crippen LogP contribution is -2.45. The minimum atomic E-state index is -0.270. The van der Waals surface area contributed by atoms with Crippen molar-refractivity contribution >= 4 is 6.41 Å². The van der Waals surface area contributed by atoms with Crippen molar-refractivity contribution in [2.24, 2.45) is 0 Å². The van der Waals surface area contributed by atoms with Gasteiger partial charge >= 0.3 is 0 Å². The molecule has 0 saturated carbocycles. The highest BCUT2D eigenvalue weighted by atomic mass is 19.1. The highest BCUT2D eigenvalue weighted by molar-refractivity contribution is 5.63. The van der Waals surface area contributed by atoms with Crippen molar-refractivity contribution < 1.29 is 9.18 Å². The smallest absolute Gasteiger partial charge is 0.209 e. The Morgan fingerprint density at radius 2 is 1.86 bits per heavy atom. The Bertz CT molecular complexity index is 976. The SMILES string of the molecule is Cc1cccc(-n2cc(CN3CCN(C=O)CC3)c(-c3cccc(F)c3)n2)c1. The summed E-state index contributed by atoms with van der Waals surface area (Å²) in [5.41, 5.74) is 4.75. The lowest BCUT2D eigenvalue weighted by molar-refractivity contribution is -0.119. The second-order valence-electron chi connectivity index (χ2n) is 7.21. The topological polar surface area (TPSA) is 41.4 Å². The number of halogens is 1. The van der Waals surface area contributed by atoms with E-state index in [2.05, 4.69) is 11.0 Å². The molecular formula is C22H23FN4O. The molecule has 2 heterocycles. The average molecular weight is 378 g/mol. The third-order valence-electron chi connectivity index (χ3n) is 5.10. The summed E-state index contributed by atoms with van der Waals surface area (Å²) >= 11 is 0. The largest absolute Gasteiger partial charge is 0.343 e. The molecule has 28 heavy (non-hydrogen) atoms. The van der Waals surface area contributed by atoms with Gasteiger partial charge in [0.1, 0.15) is 5.82 Å². The number of rotatable bonds is 5. The highest BCUT2D eigenvalue weighted by Crippen LogP contribution is 2.26. The van der Waals surface area contributed by atoms with E-state index in [4.69, 9.17) is 5.10 Å². The van der Waals surface area contributed by atoms with Crippen LogP contribution in [0.15, 0.2) is 54.7 Å². The van der Waals surface area contributed by atoms with Gasteiger partial charge in [0.05, 0.1) is 11.4 Å². The van der Waals surface area contributed by atoms with Crippen LogP contribution in [0.2, 0.25) is 0 Å². The van der Waals surface area contributed by atoms with Crippen LogP contribution in [-0.2, 0) is 11.3 Å². The van der Waals surface area contributed by atoms with Crippen LogP contribution in [0.3, 0.4) is 0 Å². The van der Waals surface area contributed by atoms with Gasteiger partial charge in [-0.2, -0.15) is 5.10 Å². The fraction of sp³-hybridized carbons (Fsp3) is 0.273. The number of hydrogen-bond donors (Lipinski definition) is 0. The van der Waals surface area contributed by atoms with Crippen molar-refractivity contribution in [1.29, 1.82) is 0 Å². The molecule has 1 saturated heterocycles. The molecule has 1 fully saturated rings. The van der Waals surface area contributed by atoms with Crippen molar-refractivity contribution in [2.45, 2.75) is 13.5 Å². The van der Waals surface area contributed by atoms with E-state index in [0.717, 1.165) is 60.7 Å². The average Bonchev–Trinajstić information content (AvgIpc) is 3.12. The second-order valence-corrected chi connectivity index (χ2v) is 7.21. The van der Waals surface area contributed by atoms with E-state index in [-0.39, 0.29) is 5.82 Å². The number of carbonyl (C=O) groups excluding carboxylic acids is 1. The number of amides is 1. The first-order chi connectivity index (χ1) is 13.6. The number of carbonyl (C=O) groups is 1. The molecule has 1 aromatic heterocycles. The van der Waals surface area contributed by atoms with Gasteiger partial charge in [0.25, 0.3) is 0 Å². The molecule has 2 aromatic carbocycles. The molecule has 4 rings (SSSR count). The summed E-state index contributed by atoms with van der Waals surface area (Å²) in [5.74, 6) is -0.270. The van der Waals surface area contributed by atoms with Gasteiger partial charge < -0.3 is 4.90 Å². The number of hydrogen-bond acceptors (Lipinski definition) is 3. The van der Waals surface area contributed by atoms with Crippen LogP contribution in [0, 0.1) is 12.7 Å². The molecule has 3 aromatic rings. The molecule has 0 spiro atoms. The first kappa shape index (κ1) is 18.4. The summed E-state index contributed by atoms with van der Waals surface area (Å²) in [6, 6.07) is 14.7. The Morgan fingerprint density at radius 3 is 2.57 bits per heavy atom. The van der Waals surface area contributed by atoms with Gasteiger partial charge in [-0.1, -0.05) is 24.3 Å². The molecule has 1 aliphatic heterocycles. The first-order valence-electron chi connectivity index (χ1n) is 9.45. The van der Waals surface area contributed by atoms with Crippen LogP contribution >= 0.6 is 0 Å². The van der Waals surface area contributed by atoms with E-state index < -0.39 is 0 Å². The normalized spacial score (nSPS) is 15.0. The lowest BCUT2D eigenvalue weighted by atomic mass is 10.1. The van der Waals surface area contributed by atoms with Crippen LogP contribution in [0.25, 0.3) is 16.9 Å². The predicted octanol–water partition coefficient (Wildman–Crippen LogP) is 3.26. The van der Waals surface area contributed by atoms with Crippen molar-refractivity contribution in [2.75, 3.05) is 26.2 Å². The Balaban J connectivity index is 1.68. The summed E-state index contributed by atoms with van der Waals surface area (Å²) in [5, 5.41) is 4.79. The Kier molecular flexibility index (Phi) is 5.21. The molecule has 0 unspecified atom stereocenters. The Hall–Kier alpha value is -2.99. The Morgan fingerprint density at radius 1 is 1.07 bits per heavy atom. The van der Waals surface area contributed by atoms with Crippen molar-refractivity contribution in [1.82, 2.24) is 19.6 Å². The molecule has 1 amide bonds. The predicted molar refractivity (Wildman–Crippen MR) is 107 cm³/mol. The van der Waals surface area contributed by atoms with Gasteiger partial charge in [-0.15, -0.1) is 0 Å². The number of nitrogens with zero attached hydrogens (tertiary/aromatic N) is 4. The van der Waals surface area contributed by atoms with Crippen LogP contribution < -0.4 is 0 Å². The first-order valence-corrected chi connectivity index (χ1v) is 9.45. The van der Waals surface area contributed by atoms with Gasteiger partial charge in [0.15, 0.2) is 0 Å². The zero-order valence-electron chi connectivity index (χ0n) is 15.9. The van der Waals surface area contributed by atoms with E-state index in [1.54, 1.807) is 11.0 Å². The highest BCUT2D eigenvalue weighted by Gasteiger charge is 2.19. The molecule has 0 atom stereocenters. The van der Waals surface area contributed by atoms with Crippen molar-refractivity contribution in [3.8, 4) is 16.9 Å². The second kappa shape index (κ2) is 7.94. The maximum atomic E-state index is 13.8. The van der Waals surface area contributed by atoms with Gasteiger partial charge in [-0.3, -0.25) is 9.69 Å². The number of aromatic nitrogens is 2. The monoisotopic (exact) mass is 378 g/mol. The zero-order chi connectivity index (χ0) is 19.5. The Labute approximate surface area is 164 Å². The fourth-order valence-corrected chi connectivity index (χ4v) is 3.57. The summed E-state index contributed by atoms with van der Waals surface area (Å²) in [6.07, 6.45) is 2.94. The zero-order valence-corrected chi connectivity index (χ0v) is 15.9. The summed E-state index contributed by atoms with van der Waals surface area (Å²) in [7, 11) is 0. The number of aryl methyl sites for hydroxylation is 1. The third kappa shape index (κ3) is 3.97. The number of piperazine rings is 1. The van der Waals surface area contributed by atoms with E-state index >= 15 is 0 Å². The molecular weight excluding hydrogens is 355 g/mol. The number of benzene rings is 2. The molecule has 0 bridgehead atoms. The summed E-state index contributed by atoms with van der Waals surface area (Å²) in [6.45, 7) is 5.85. The van der Waals surface area contributed by atoms with Gasteiger partial charge in [-0.25, -0.2) is 9.07 Å².